The van der Waals surface area contributed by atoms with Crippen molar-refractivity contribution in [2.45, 2.75) is 19.0 Å². The zero-order valence-electron chi connectivity index (χ0n) is 14.8. The number of nitrogens with zero attached hydrogens (tertiary/aromatic N) is 4. The largest absolute Gasteiger partial charge is 0.326 e. The third kappa shape index (κ3) is 5.14. The lowest BCUT2D eigenvalue weighted by Gasteiger charge is -2.07. The third-order valence-electron chi connectivity index (χ3n) is 3.54. The maximum atomic E-state index is 12.1. The van der Waals surface area contributed by atoms with Crippen molar-refractivity contribution in [3.63, 3.8) is 0 Å². The van der Waals surface area contributed by atoms with Gasteiger partial charge in [0, 0.05) is 18.3 Å². The number of hydrogen-bond donors (Lipinski definition) is 2. The summed E-state index contributed by atoms with van der Waals surface area (Å²) in [7, 11) is 0. The minimum Gasteiger partial charge on any atom is -0.326 e. The van der Waals surface area contributed by atoms with E-state index in [9.17, 15) is 9.59 Å². The van der Waals surface area contributed by atoms with Crippen LogP contribution in [-0.2, 0) is 9.59 Å². The van der Waals surface area contributed by atoms with Crippen LogP contribution in [0, 0.1) is 6.92 Å². The van der Waals surface area contributed by atoms with Gasteiger partial charge in [-0.3, -0.25) is 9.59 Å². The fourth-order valence-electron chi connectivity index (χ4n) is 2.28. The van der Waals surface area contributed by atoms with Gasteiger partial charge < -0.3 is 10.6 Å². The van der Waals surface area contributed by atoms with Crippen LogP contribution in [0.15, 0.2) is 53.7 Å². The van der Waals surface area contributed by atoms with Crippen LogP contribution in [0.2, 0.25) is 0 Å². The molecule has 0 bridgehead atoms. The van der Waals surface area contributed by atoms with Gasteiger partial charge in [0.25, 0.3) is 0 Å². The Kier molecular flexibility index (Phi) is 5.82. The van der Waals surface area contributed by atoms with Gasteiger partial charge in [0.05, 0.1) is 11.4 Å². The van der Waals surface area contributed by atoms with Crippen LogP contribution in [0.1, 0.15) is 12.5 Å². The molecule has 27 heavy (non-hydrogen) atoms. The first-order valence-corrected chi connectivity index (χ1v) is 9.15. The fourth-order valence-corrected chi connectivity index (χ4v) is 2.98. The van der Waals surface area contributed by atoms with E-state index in [2.05, 4.69) is 26.2 Å². The summed E-state index contributed by atoms with van der Waals surface area (Å²) in [4.78, 5) is 23.2. The highest BCUT2D eigenvalue weighted by molar-refractivity contribution is 7.99. The SMILES string of the molecule is CC(=O)Nc1ccc(-n2nnnc2SCC(=O)Nc2ccc(C)cc2)cc1. The minimum absolute atomic E-state index is 0.138. The van der Waals surface area contributed by atoms with E-state index in [0.29, 0.717) is 10.8 Å². The smallest absolute Gasteiger partial charge is 0.234 e. The molecule has 9 heteroatoms. The molecule has 0 aliphatic heterocycles. The van der Waals surface area contributed by atoms with Crippen LogP contribution in [0.4, 0.5) is 11.4 Å². The standard InChI is InChI=1S/C18H18N6O2S/c1-12-3-5-15(6-4-12)20-17(26)11-27-18-21-22-23-24(18)16-9-7-14(8-10-16)19-13(2)25/h3-10H,11H2,1-2H3,(H,19,25)(H,20,26). The molecular formula is C18H18N6O2S. The van der Waals surface area contributed by atoms with Crippen molar-refractivity contribution in [3.8, 4) is 5.69 Å². The highest BCUT2D eigenvalue weighted by Gasteiger charge is 2.12. The van der Waals surface area contributed by atoms with E-state index >= 15 is 0 Å². The van der Waals surface area contributed by atoms with Crippen LogP contribution < -0.4 is 10.6 Å². The van der Waals surface area contributed by atoms with Crippen molar-refractivity contribution in [2.75, 3.05) is 16.4 Å². The predicted molar refractivity (Wildman–Crippen MR) is 104 cm³/mol. The summed E-state index contributed by atoms with van der Waals surface area (Å²) in [5, 5.41) is 17.7. The van der Waals surface area contributed by atoms with Gasteiger partial charge in [-0.05, 0) is 53.7 Å². The Morgan fingerprint density at radius 2 is 1.63 bits per heavy atom. The molecule has 3 aromatic rings. The van der Waals surface area contributed by atoms with Gasteiger partial charge >= 0.3 is 0 Å². The van der Waals surface area contributed by atoms with Gasteiger partial charge in [-0.1, -0.05) is 29.5 Å². The summed E-state index contributed by atoms with van der Waals surface area (Å²) in [5.74, 6) is -0.0986. The Labute approximate surface area is 160 Å². The maximum absolute atomic E-state index is 12.1. The second-order valence-electron chi connectivity index (χ2n) is 5.80. The van der Waals surface area contributed by atoms with Crippen LogP contribution >= 0.6 is 11.8 Å². The first kappa shape index (κ1) is 18.6. The Hall–Kier alpha value is -3.20. The molecular weight excluding hydrogens is 364 g/mol. The van der Waals surface area contributed by atoms with Gasteiger partial charge in [0.2, 0.25) is 17.0 Å². The number of aromatic nitrogens is 4. The first-order valence-electron chi connectivity index (χ1n) is 8.17. The zero-order chi connectivity index (χ0) is 19.2. The van der Waals surface area contributed by atoms with Gasteiger partial charge in [-0.25, -0.2) is 0 Å². The molecule has 2 aromatic carbocycles. The number of thioether (sulfide) groups is 1. The number of carbonyl (C=O) groups is 2. The van der Waals surface area contributed by atoms with Crippen LogP contribution in [0.3, 0.4) is 0 Å². The fraction of sp³-hybridized carbons (Fsp3) is 0.167. The molecule has 0 unspecified atom stereocenters. The van der Waals surface area contributed by atoms with E-state index in [4.69, 9.17) is 0 Å². The van der Waals surface area contributed by atoms with Crippen molar-refractivity contribution >= 4 is 35.0 Å². The number of carbonyl (C=O) groups excluding carboxylic acids is 2. The van der Waals surface area contributed by atoms with Gasteiger partial charge in [-0.15, -0.1) is 5.10 Å². The number of hydrogen-bond acceptors (Lipinski definition) is 6. The second kappa shape index (κ2) is 8.45. The van der Waals surface area contributed by atoms with Crippen LogP contribution in [0.5, 0.6) is 0 Å². The molecule has 0 saturated heterocycles. The zero-order valence-corrected chi connectivity index (χ0v) is 15.7. The predicted octanol–water partition coefficient (Wildman–Crippen LogP) is 2.66. The van der Waals surface area contributed by atoms with E-state index in [0.717, 1.165) is 16.9 Å². The summed E-state index contributed by atoms with van der Waals surface area (Å²) >= 11 is 1.24. The average Bonchev–Trinajstić information content (AvgIpc) is 3.11. The number of rotatable bonds is 6. The number of anilines is 2. The van der Waals surface area contributed by atoms with E-state index < -0.39 is 0 Å². The lowest BCUT2D eigenvalue weighted by molar-refractivity contribution is -0.114. The van der Waals surface area contributed by atoms with E-state index in [-0.39, 0.29) is 17.6 Å². The van der Waals surface area contributed by atoms with Crippen molar-refractivity contribution in [2.24, 2.45) is 0 Å². The Balaban J connectivity index is 1.62. The summed E-state index contributed by atoms with van der Waals surface area (Å²) in [5.41, 5.74) is 3.30. The molecule has 0 saturated carbocycles. The summed E-state index contributed by atoms with van der Waals surface area (Å²) in [6, 6.07) is 14.7. The van der Waals surface area contributed by atoms with Crippen LogP contribution in [-0.4, -0.2) is 37.8 Å². The molecule has 1 aromatic heterocycles. The van der Waals surface area contributed by atoms with Gasteiger partial charge in [-0.2, -0.15) is 4.68 Å². The first-order chi connectivity index (χ1) is 13.0. The van der Waals surface area contributed by atoms with E-state index in [1.54, 1.807) is 28.9 Å². The van der Waals surface area contributed by atoms with E-state index in [1.165, 1.54) is 18.7 Å². The molecule has 138 valence electrons. The third-order valence-corrected chi connectivity index (χ3v) is 4.46. The molecule has 0 fully saturated rings. The minimum atomic E-state index is -0.139. The quantitative estimate of drug-likeness (QED) is 0.636. The Morgan fingerprint density at radius 1 is 1.00 bits per heavy atom. The molecule has 2 amide bonds. The second-order valence-corrected chi connectivity index (χ2v) is 6.75. The lowest BCUT2D eigenvalue weighted by atomic mass is 10.2. The molecule has 0 spiro atoms. The molecule has 2 N–H and O–H groups in total. The van der Waals surface area contributed by atoms with Crippen molar-refractivity contribution in [1.82, 2.24) is 20.2 Å². The number of nitrogens with one attached hydrogen (secondary N) is 2. The number of tetrazole rings is 1. The summed E-state index contributed by atoms with van der Waals surface area (Å²) in [6.45, 7) is 3.44. The average molecular weight is 382 g/mol. The molecule has 0 radical (unpaired) electrons. The topological polar surface area (TPSA) is 102 Å². The van der Waals surface area contributed by atoms with Crippen molar-refractivity contribution in [1.29, 1.82) is 0 Å². The van der Waals surface area contributed by atoms with E-state index in [1.807, 2.05) is 31.2 Å². The Bertz CT molecular complexity index is 937. The summed E-state index contributed by atoms with van der Waals surface area (Å²) in [6.07, 6.45) is 0. The molecule has 8 nitrogen and oxygen atoms in total. The highest BCUT2D eigenvalue weighted by Crippen LogP contribution is 2.20. The monoisotopic (exact) mass is 382 g/mol. The molecule has 0 aliphatic rings. The van der Waals surface area contributed by atoms with Crippen LogP contribution in [0.25, 0.3) is 5.69 Å². The van der Waals surface area contributed by atoms with Crippen molar-refractivity contribution < 1.29 is 9.59 Å². The number of benzene rings is 2. The van der Waals surface area contributed by atoms with Crippen molar-refractivity contribution in [3.05, 3.63) is 54.1 Å². The Morgan fingerprint density at radius 3 is 2.30 bits per heavy atom. The van der Waals surface area contributed by atoms with Gasteiger partial charge in [0.15, 0.2) is 0 Å². The molecule has 1 heterocycles. The van der Waals surface area contributed by atoms with Gasteiger partial charge in [0.1, 0.15) is 0 Å². The molecule has 0 atom stereocenters. The maximum Gasteiger partial charge on any atom is 0.234 e. The lowest BCUT2D eigenvalue weighted by Crippen LogP contribution is -2.14. The highest BCUT2D eigenvalue weighted by atomic mass is 32.2. The molecule has 3 rings (SSSR count). The molecule has 0 aliphatic carbocycles. The normalized spacial score (nSPS) is 10.4. The summed E-state index contributed by atoms with van der Waals surface area (Å²) < 4.78 is 1.54. The number of aryl methyl sites for hydroxylation is 1. The number of amides is 2.